The van der Waals surface area contributed by atoms with Gasteiger partial charge in [0.05, 0.1) is 28.5 Å². The molecule has 35 heavy (non-hydrogen) atoms. The van der Waals surface area contributed by atoms with Gasteiger partial charge in [-0.25, -0.2) is 17.4 Å². The molecule has 0 aliphatic heterocycles. The average molecular weight is 506 g/mol. The number of hydrogen-bond donors (Lipinski definition) is 2. The molecule has 0 atom stereocenters. The molecule has 0 saturated carbocycles. The van der Waals surface area contributed by atoms with Crippen LogP contribution in [-0.2, 0) is 10.0 Å². The zero-order valence-electron chi connectivity index (χ0n) is 19.3. The van der Waals surface area contributed by atoms with Crippen molar-refractivity contribution in [3.63, 3.8) is 0 Å². The SMILES string of the molecule is Cc1ccc(S(=O)(=O)n2cc(-c3cncc(NC(C)C)n3)c3cc(-c4nc(N)ns4)ccc32)cc1. The molecular formula is C24H23N7O2S2. The predicted octanol–water partition coefficient (Wildman–Crippen LogP) is 4.56. The smallest absolute Gasteiger partial charge is 0.268 e. The van der Waals surface area contributed by atoms with Crippen molar-refractivity contribution in [1.82, 2.24) is 23.3 Å². The maximum Gasteiger partial charge on any atom is 0.268 e. The van der Waals surface area contributed by atoms with Crippen LogP contribution in [0.1, 0.15) is 19.4 Å². The Kier molecular flexibility index (Phi) is 5.73. The third-order valence-electron chi connectivity index (χ3n) is 5.38. The third kappa shape index (κ3) is 4.35. The Bertz CT molecular complexity index is 1640. The minimum absolute atomic E-state index is 0.164. The number of aromatic nitrogens is 5. The molecule has 0 bridgehead atoms. The summed E-state index contributed by atoms with van der Waals surface area (Å²) < 4.78 is 32.7. The van der Waals surface area contributed by atoms with E-state index in [-0.39, 0.29) is 16.9 Å². The number of rotatable bonds is 6. The molecule has 0 radical (unpaired) electrons. The zero-order valence-corrected chi connectivity index (χ0v) is 20.9. The van der Waals surface area contributed by atoms with Crippen LogP contribution in [0.5, 0.6) is 0 Å². The highest BCUT2D eigenvalue weighted by molar-refractivity contribution is 7.90. The maximum atomic E-state index is 13.7. The molecule has 9 nitrogen and oxygen atoms in total. The van der Waals surface area contributed by atoms with Crippen LogP contribution in [0.2, 0.25) is 0 Å². The van der Waals surface area contributed by atoms with Crippen molar-refractivity contribution in [2.45, 2.75) is 31.7 Å². The highest BCUT2D eigenvalue weighted by Gasteiger charge is 2.23. The molecule has 3 heterocycles. The van der Waals surface area contributed by atoms with E-state index in [1.54, 1.807) is 48.9 Å². The molecule has 5 rings (SSSR count). The van der Waals surface area contributed by atoms with Gasteiger partial charge in [0.25, 0.3) is 10.0 Å². The van der Waals surface area contributed by atoms with Crippen LogP contribution in [0.4, 0.5) is 11.8 Å². The highest BCUT2D eigenvalue weighted by atomic mass is 32.2. The first-order chi connectivity index (χ1) is 16.7. The first kappa shape index (κ1) is 22.9. The van der Waals surface area contributed by atoms with E-state index in [4.69, 9.17) is 10.7 Å². The first-order valence-corrected chi connectivity index (χ1v) is 13.1. The van der Waals surface area contributed by atoms with Crippen molar-refractivity contribution in [3.8, 4) is 21.8 Å². The Hall–Kier alpha value is -3.83. The minimum atomic E-state index is -3.86. The molecule has 0 amide bonds. The van der Waals surface area contributed by atoms with Crippen LogP contribution in [0.25, 0.3) is 32.7 Å². The van der Waals surface area contributed by atoms with E-state index in [9.17, 15) is 8.42 Å². The second-order valence-corrected chi connectivity index (χ2v) is 11.0. The van der Waals surface area contributed by atoms with E-state index < -0.39 is 10.0 Å². The van der Waals surface area contributed by atoms with E-state index >= 15 is 0 Å². The van der Waals surface area contributed by atoms with Gasteiger partial charge in [0.15, 0.2) is 0 Å². The fourth-order valence-corrected chi connectivity index (χ4v) is 5.73. The van der Waals surface area contributed by atoms with Gasteiger partial charge in [-0.1, -0.05) is 17.7 Å². The summed E-state index contributed by atoms with van der Waals surface area (Å²) in [6, 6.07) is 12.4. The van der Waals surface area contributed by atoms with Crippen molar-refractivity contribution in [3.05, 3.63) is 66.6 Å². The Labute approximate surface area is 206 Å². The van der Waals surface area contributed by atoms with Gasteiger partial charge in [-0.15, -0.1) is 0 Å². The van der Waals surface area contributed by atoms with Crippen molar-refractivity contribution < 1.29 is 8.42 Å². The Morgan fingerprint density at radius 1 is 1.06 bits per heavy atom. The number of anilines is 2. The van der Waals surface area contributed by atoms with Crippen LogP contribution < -0.4 is 11.1 Å². The monoisotopic (exact) mass is 505 g/mol. The number of hydrogen-bond acceptors (Lipinski definition) is 9. The Balaban J connectivity index is 1.74. The molecule has 3 aromatic heterocycles. The topological polar surface area (TPSA) is 129 Å². The van der Waals surface area contributed by atoms with Gasteiger partial charge >= 0.3 is 0 Å². The number of nitrogen functional groups attached to an aromatic ring is 1. The second kappa shape index (κ2) is 8.75. The van der Waals surface area contributed by atoms with E-state index in [2.05, 4.69) is 19.7 Å². The summed E-state index contributed by atoms with van der Waals surface area (Å²) in [5.74, 6) is 0.802. The standard InChI is InChI=1S/C24H23N7O2S2/c1-14(2)27-22-12-26-11-20(28-22)19-13-31(35(32,33)17-7-4-15(3)5-8-17)21-9-6-16(10-18(19)21)23-29-24(25)30-34-23/h4-14H,1-3H3,(H2,25,30)(H,27,28). The number of nitrogens with two attached hydrogens (primary N) is 1. The number of benzene rings is 2. The Morgan fingerprint density at radius 2 is 1.83 bits per heavy atom. The summed E-state index contributed by atoms with van der Waals surface area (Å²) in [6.45, 7) is 5.93. The van der Waals surface area contributed by atoms with Crippen molar-refractivity contribution in [2.75, 3.05) is 11.1 Å². The normalized spacial score (nSPS) is 11.9. The van der Waals surface area contributed by atoms with Gasteiger partial charge in [0, 0.05) is 28.8 Å². The van der Waals surface area contributed by atoms with Gasteiger partial charge in [0.2, 0.25) is 5.95 Å². The highest BCUT2D eigenvalue weighted by Crippen LogP contribution is 2.35. The third-order valence-corrected chi connectivity index (χ3v) is 7.85. The molecule has 0 saturated heterocycles. The summed E-state index contributed by atoms with van der Waals surface area (Å²) in [4.78, 5) is 13.5. The van der Waals surface area contributed by atoms with E-state index in [0.717, 1.165) is 11.1 Å². The van der Waals surface area contributed by atoms with Crippen molar-refractivity contribution >= 4 is 44.2 Å². The van der Waals surface area contributed by atoms with Crippen molar-refractivity contribution in [2.24, 2.45) is 0 Å². The molecule has 3 N–H and O–H groups in total. The zero-order chi connectivity index (χ0) is 24.7. The van der Waals surface area contributed by atoms with Gasteiger partial charge in [-0.05, 0) is 62.6 Å². The molecule has 0 aliphatic rings. The quantitative estimate of drug-likeness (QED) is 0.343. The maximum absolute atomic E-state index is 13.7. The molecule has 0 unspecified atom stereocenters. The Morgan fingerprint density at radius 3 is 2.51 bits per heavy atom. The molecule has 11 heteroatoms. The minimum Gasteiger partial charge on any atom is -0.367 e. The predicted molar refractivity (Wildman–Crippen MR) is 139 cm³/mol. The van der Waals surface area contributed by atoms with E-state index in [1.807, 2.05) is 32.9 Å². The average Bonchev–Trinajstić information content (AvgIpc) is 3.43. The number of nitrogens with one attached hydrogen (secondary N) is 1. The molecule has 2 aromatic carbocycles. The summed E-state index contributed by atoms with van der Waals surface area (Å²) in [5.41, 5.74) is 9.18. The largest absolute Gasteiger partial charge is 0.367 e. The lowest BCUT2D eigenvalue weighted by atomic mass is 10.1. The summed E-state index contributed by atoms with van der Waals surface area (Å²) >= 11 is 1.18. The lowest BCUT2D eigenvalue weighted by Crippen LogP contribution is -2.12. The molecule has 0 aliphatic carbocycles. The molecule has 0 fully saturated rings. The van der Waals surface area contributed by atoms with E-state index in [0.29, 0.717) is 33.0 Å². The number of nitrogens with zero attached hydrogens (tertiary/aromatic N) is 5. The number of fused-ring (bicyclic) bond motifs is 1. The summed E-state index contributed by atoms with van der Waals surface area (Å²) in [6.07, 6.45) is 4.86. The van der Waals surface area contributed by atoms with Gasteiger partial charge < -0.3 is 11.1 Å². The lowest BCUT2D eigenvalue weighted by Gasteiger charge is -2.09. The fourth-order valence-electron chi connectivity index (χ4n) is 3.77. The first-order valence-electron chi connectivity index (χ1n) is 10.9. The van der Waals surface area contributed by atoms with Crippen LogP contribution in [0.15, 0.2) is 66.0 Å². The lowest BCUT2D eigenvalue weighted by molar-refractivity contribution is 0.589. The van der Waals surface area contributed by atoms with Gasteiger partial charge in [-0.3, -0.25) is 4.98 Å². The van der Waals surface area contributed by atoms with Gasteiger partial charge in [0.1, 0.15) is 10.8 Å². The van der Waals surface area contributed by atoms with Crippen molar-refractivity contribution in [1.29, 1.82) is 0 Å². The summed E-state index contributed by atoms with van der Waals surface area (Å²) in [5, 5.41) is 4.58. The van der Waals surface area contributed by atoms with Crippen LogP contribution in [0.3, 0.4) is 0 Å². The van der Waals surface area contributed by atoms with Crippen LogP contribution in [0, 0.1) is 6.92 Å². The van der Waals surface area contributed by atoms with Gasteiger partial charge in [-0.2, -0.15) is 9.36 Å². The molecule has 5 aromatic rings. The summed E-state index contributed by atoms with van der Waals surface area (Å²) in [7, 11) is -3.86. The molecule has 0 spiro atoms. The van der Waals surface area contributed by atoms with Crippen LogP contribution in [-0.4, -0.2) is 37.8 Å². The number of aryl methyl sites for hydroxylation is 1. The second-order valence-electron chi connectivity index (χ2n) is 8.43. The molecular weight excluding hydrogens is 482 g/mol. The van der Waals surface area contributed by atoms with E-state index in [1.165, 1.54) is 15.5 Å². The fraction of sp³-hybridized carbons (Fsp3) is 0.167. The molecule has 178 valence electrons. The van der Waals surface area contributed by atoms with Crippen LogP contribution >= 0.6 is 11.5 Å².